The zero-order valence-corrected chi connectivity index (χ0v) is 18.7. The molecular weight excluding hydrogens is 455 g/mol. The average molecular weight is 480 g/mol. The predicted octanol–water partition coefficient (Wildman–Crippen LogP) is 4.47. The molecular formula is C24H24F3NO4S. The van der Waals surface area contributed by atoms with Gasteiger partial charge in [0.1, 0.15) is 5.75 Å². The van der Waals surface area contributed by atoms with Crippen molar-refractivity contribution in [1.29, 1.82) is 0 Å². The van der Waals surface area contributed by atoms with E-state index in [9.17, 15) is 26.4 Å². The van der Waals surface area contributed by atoms with Gasteiger partial charge in [-0.1, -0.05) is 43.2 Å². The van der Waals surface area contributed by atoms with Gasteiger partial charge in [0.25, 0.3) is 0 Å². The van der Waals surface area contributed by atoms with Crippen LogP contribution in [0.4, 0.5) is 13.2 Å². The number of hydrogen-bond donors (Lipinski definition) is 0. The summed E-state index contributed by atoms with van der Waals surface area (Å²) in [5.74, 6) is -0.376. The quantitative estimate of drug-likeness (QED) is 0.468. The maximum Gasteiger partial charge on any atom is 0.534 e. The van der Waals surface area contributed by atoms with Gasteiger partial charge in [0.05, 0.1) is 6.04 Å². The van der Waals surface area contributed by atoms with E-state index in [0.717, 1.165) is 38.2 Å². The van der Waals surface area contributed by atoms with Gasteiger partial charge in [-0.3, -0.25) is 9.69 Å². The highest BCUT2D eigenvalue weighted by Crippen LogP contribution is 2.56. The Kier molecular flexibility index (Phi) is 5.32. The number of fused-ring (bicyclic) bond motifs is 1. The van der Waals surface area contributed by atoms with Crippen molar-refractivity contribution in [1.82, 2.24) is 4.90 Å². The summed E-state index contributed by atoms with van der Waals surface area (Å²) in [6.07, 6.45) is 4.42. The van der Waals surface area contributed by atoms with Crippen LogP contribution < -0.4 is 4.18 Å². The SMILES string of the molecule is O=C1c2ccc(OS(=O)(=O)C(F)(F)F)cc2C23CCCCC2C1N(CCc1ccccc1)C3. The molecule has 3 unspecified atom stereocenters. The number of halogens is 3. The first-order chi connectivity index (χ1) is 15.6. The van der Waals surface area contributed by atoms with Crippen molar-refractivity contribution in [3.8, 4) is 5.75 Å². The number of carbonyl (C=O) groups is 1. The Morgan fingerprint density at radius 2 is 1.85 bits per heavy atom. The highest BCUT2D eigenvalue weighted by molar-refractivity contribution is 7.88. The topological polar surface area (TPSA) is 63.7 Å². The van der Waals surface area contributed by atoms with Crippen LogP contribution in [-0.4, -0.2) is 43.7 Å². The summed E-state index contributed by atoms with van der Waals surface area (Å²) in [7, 11) is -5.78. The first-order valence-electron chi connectivity index (χ1n) is 11.1. The van der Waals surface area contributed by atoms with E-state index >= 15 is 0 Å². The lowest BCUT2D eigenvalue weighted by atomic mass is 9.58. The van der Waals surface area contributed by atoms with Crippen LogP contribution >= 0.6 is 0 Å². The first-order valence-corrected chi connectivity index (χ1v) is 12.5. The van der Waals surface area contributed by atoms with Crippen LogP contribution in [-0.2, 0) is 22.0 Å². The molecule has 176 valence electrons. The third-order valence-corrected chi connectivity index (χ3v) is 8.42. The van der Waals surface area contributed by atoms with Crippen LogP contribution in [0.3, 0.4) is 0 Å². The van der Waals surface area contributed by atoms with Crippen molar-refractivity contribution in [2.45, 2.75) is 49.1 Å². The molecule has 0 spiro atoms. The van der Waals surface area contributed by atoms with Crippen LogP contribution in [0, 0.1) is 5.92 Å². The number of alkyl halides is 3. The molecule has 0 amide bonds. The molecule has 5 nitrogen and oxygen atoms in total. The molecule has 5 rings (SSSR count). The molecule has 9 heteroatoms. The summed E-state index contributed by atoms with van der Waals surface area (Å²) in [5.41, 5.74) is -3.62. The highest BCUT2D eigenvalue weighted by Gasteiger charge is 2.60. The molecule has 0 radical (unpaired) electrons. The Morgan fingerprint density at radius 3 is 2.58 bits per heavy atom. The van der Waals surface area contributed by atoms with E-state index in [1.165, 1.54) is 17.7 Å². The second-order valence-electron chi connectivity index (χ2n) is 9.21. The fourth-order valence-corrected chi connectivity index (χ4v) is 6.53. The molecule has 1 saturated carbocycles. The second-order valence-corrected chi connectivity index (χ2v) is 10.8. The third-order valence-electron chi connectivity index (χ3n) is 7.44. The Balaban J connectivity index is 1.50. The number of ketones is 1. The molecule has 2 aliphatic carbocycles. The van der Waals surface area contributed by atoms with Crippen molar-refractivity contribution in [2.24, 2.45) is 5.92 Å². The summed E-state index contributed by atoms with van der Waals surface area (Å²) < 4.78 is 66.0. The van der Waals surface area contributed by atoms with Crippen molar-refractivity contribution < 1.29 is 30.6 Å². The van der Waals surface area contributed by atoms with Gasteiger partial charge in [0, 0.05) is 24.1 Å². The monoisotopic (exact) mass is 479 g/mol. The van der Waals surface area contributed by atoms with Gasteiger partial charge in [0.2, 0.25) is 0 Å². The van der Waals surface area contributed by atoms with E-state index in [2.05, 4.69) is 21.2 Å². The number of Topliss-reactive ketones (excluding diaryl/α,β-unsaturated/α-hetero) is 1. The summed E-state index contributed by atoms with van der Waals surface area (Å²) in [6, 6.07) is 13.7. The van der Waals surface area contributed by atoms with Gasteiger partial charge >= 0.3 is 15.6 Å². The van der Waals surface area contributed by atoms with E-state index < -0.39 is 21.4 Å². The van der Waals surface area contributed by atoms with Crippen LogP contribution in [0.25, 0.3) is 0 Å². The van der Waals surface area contributed by atoms with Crippen LogP contribution in [0.15, 0.2) is 48.5 Å². The van der Waals surface area contributed by atoms with Crippen LogP contribution in [0.5, 0.6) is 5.75 Å². The predicted molar refractivity (Wildman–Crippen MR) is 116 cm³/mol. The van der Waals surface area contributed by atoms with Crippen LogP contribution in [0.2, 0.25) is 0 Å². The summed E-state index contributed by atoms with van der Waals surface area (Å²) in [6.45, 7) is 1.34. The maximum atomic E-state index is 13.5. The molecule has 2 aromatic rings. The van der Waals surface area contributed by atoms with Crippen molar-refractivity contribution in [3.05, 3.63) is 65.2 Å². The van der Waals surface area contributed by atoms with Gasteiger partial charge in [-0.25, -0.2) is 0 Å². The van der Waals surface area contributed by atoms with E-state index in [1.807, 2.05) is 18.2 Å². The summed E-state index contributed by atoms with van der Waals surface area (Å²) in [4.78, 5) is 15.7. The minimum Gasteiger partial charge on any atom is -0.376 e. The molecule has 2 bridgehead atoms. The lowest BCUT2D eigenvalue weighted by molar-refractivity contribution is -0.0500. The Morgan fingerprint density at radius 1 is 1.09 bits per heavy atom. The highest BCUT2D eigenvalue weighted by atomic mass is 32.2. The summed E-state index contributed by atoms with van der Waals surface area (Å²) in [5, 5.41) is 0. The lowest BCUT2D eigenvalue weighted by Crippen LogP contribution is -2.47. The third kappa shape index (κ3) is 3.65. The Hall–Kier alpha value is -2.39. The number of rotatable bonds is 5. The largest absolute Gasteiger partial charge is 0.534 e. The zero-order chi connectivity index (χ0) is 23.4. The fraction of sp³-hybridized carbons (Fsp3) is 0.458. The van der Waals surface area contributed by atoms with E-state index in [0.29, 0.717) is 24.2 Å². The first kappa shape index (κ1) is 22.4. The Bertz CT molecular complexity index is 1180. The van der Waals surface area contributed by atoms with E-state index in [-0.39, 0.29) is 23.2 Å². The minimum atomic E-state index is -5.78. The molecule has 2 aromatic carbocycles. The van der Waals surface area contributed by atoms with E-state index in [4.69, 9.17) is 0 Å². The standard InChI is InChI=1S/C24H24F3NO4S/c25-24(26,27)33(30,31)32-17-9-10-18-20(14-17)23-12-5-4-8-19(23)21(22(18)29)28(15-23)13-11-16-6-2-1-3-7-16/h1-3,6-7,9-10,14,19,21H,4-5,8,11-13,15H2. The number of benzene rings is 2. The molecule has 1 heterocycles. The molecule has 3 atom stereocenters. The van der Waals surface area contributed by atoms with Gasteiger partial charge in [-0.2, -0.15) is 21.6 Å². The summed E-state index contributed by atoms with van der Waals surface area (Å²) >= 11 is 0. The lowest BCUT2D eigenvalue weighted by Gasteiger charge is -2.44. The van der Waals surface area contributed by atoms with Crippen LogP contribution in [0.1, 0.15) is 47.2 Å². The average Bonchev–Trinajstić information content (AvgIpc) is 3.07. The molecule has 1 aliphatic heterocycles. The molecule has 3 aliphatic rings. The fourth-order valence-electron chi connectivity index (χ4n) is 6.08. The van der Waals surface area contributed by atoms with Gasteiger partial charge < -0.3 is 4.18 Å². The number of hydrogen-bond acceptors (Lipinski definition) is 5. The van der Waals surface area contributed by atoms with Gasteiger partial charge in [-0.05, 0) is 54.5 Å². The minimum absolute atomic E-state index is 0.0386. The Labute approximate surface area is 190 Å². The normalized spacial score (nSPS) is 27.2. The van der Waals surface area contributed by atoms with E-state index in [1.54, 1.807) is 0 Å². The number of carbonyl (C=O) groups excluding carboxylic acids is 1. The maximum absolute atomic E-state index is 13.5. The molecule has 0 N–H and O–H groups in total. The zero-order valence-electron chi connectivity index (χ0n) is 17.8. The smallest absolute Gasteiger partial charge is 0.376 e. The molecule has 33 heavy (non-hydrogen) atoms. The second kappa shape index (κ2) is 7.84. The molecule has 1 saturated heterocycles. The van der Waals surface area contributed by atoms with Crippen molar-refractivity contribution >= 4 is 15.9 Å². The van der Waals surface area contributed by atoms with Crippen molar-refractivity contribution in [2.75, 3.05) is 13.1 Å². The van der Waals surface area contributed by atoms with Gasteiger partial charge in [-0.15, -0.1) is 0 Å². The molecule has 0 aromatic heterocycles. The van der Waals surface area contributed by atoms with Gasteiger partial charge in [0.15, 0.2) is 5.78 Å². The molecule has 2 fully saturated rings. The number of nitrogens with zero attached hydrogens (tertiary/aromatic N) is 1. The number of likely N-dealkylation sites (tertiary alicyclic amines) is 1. The van der Waals surface area contributed by atoms with Crippen molar-refractivity contribution in [3.63, 3.8) is 0 Å².